The van der Waals surface area contributed by atoms with Crippen LogP contribution in [0.25, 0.3) is 23.5 Å². The maximum Gasteiger partial charge on any atom is 0.360 e. The Bertz CT molecular complexity index is 700. The van der Waals surface area contributed by atoms with E-state index in [0.717, 1.165) is 22.6 Å². The van der Waals surface area contributed by atoms with Crippen LogP contribution >= 0.6 is 0 Å². The van der Waals surface area contributed by atoms with Crippen molar-refractivity contribution in [3.63, 3.8) is 0 Å². The van der Waals surface area contributed by atoms with Gasteiger partial charge in [-0.15, -0.1) is 0 Å². The summed E-state index contributed by atoms with van der Waals surface area (Å²) in [7, 11) is 0. The molecule has 3 aromatic rings. The second kappa shape index (κ2) is 5.98. The van der Waals surface area contributed by atoms with Crippen LogP contribution < -0.4 is 0 Å². The summed E-state index contributed by atoms with van der Waals surface area (Å²) in [6.45, 7) is 0. The third-order valence-electron chi connectivity index (χ3n) is 3.03. The van der Waals surface area contributed by atoms with Gasteiger partial charge in [-0.2, -0.15) is 0 Å². The van der Waals surface area contributed by atoms with E-state index in [0.29, 0.717) is 0 Å². The monoisotopic (exact) mass is 259 g/mol. The standard InChI is InChI=1S/C19H15O/c1-3-8-16(9-4-1)14-15-18-12-7-13-19(20-18)17-10-5-2-6-11-17/h1-15H/q+1/b15-14+. The first-order valence-electron chi connectivity index (χ1n) is 6.63. The molecule has 0 aliphatic rings. The molecule has 20 heavy (non-hydrogen) atoms. The first-order valence-corrected chi connectivity index (χ1v) is 6.63. The molecule has 0 saturated carbocycles. The Labute approximate surface area is 118 Å². The molecule has 0 aliphatic heterocycles. The van der Waals surface area contributed by atoms with Gasteiger partial charge in [0.15, 0.2) is 0 Å². The summed E-state index contributed by atoms with van der Waals surface area (Å²) in [5, 5.41) is 0. The van der Waals surface area contributed by atoms with Crippen molar-refractivity contribution in [3.05, 3.63) is 90.2 Å². The Hall–Kier alpha value is -2.67. The molecule has 0 radical (unpaired) electrons. The van der Waals surface area contributed by atoms with Crippen molar-refractivity contribution in [1.82, 2.24) is 0 Å². The summed E-state index contributed by atoms with van der Waals surface area (Å²) < 4.78 is 5.90. The largest absolute Gasteiger partial charge is 0.360 e. The van der Waals surface area contributed by atoms with Crippen LogP contribution in [0.3, 0.4) is 0 Å². The van der Waals surface area contributed by atoms with Gasteiger partial charge in [0.25, 0.3) is 0 Å². The summed E-state index contributed by atoms with van der Waals surface area (Å²) >= 11 is 0. The molecule has 1 heterocycles. The molecule has 0 spiro atoms. The van der Waals surface area contributed by atoms with Crippen LogP contribution in [0.5, 0.6) is 0 Å². The summed E-state index contributed by atoms with van der Waals surface area (Å²) in [4.78, 5) is 0. The Balaban J connectivity index is 1.87. The van der Waals surface area contributed by atoms with Crippen LogP contribution in [-0.4, -0.2) is 0 Å². The maximum absolute atomic E-state index is 5.90. The molecular formula is C19H15O+. The van der Waals surface area contributed by atoms with Gasteiger partial charge in [0.2, 0.25) is 0 Å². The summed E-state index contributed by atoms with van der Waals surface area (Å²) in [5.41, 5.74) is 2.25. The first-order chi connectivity index (χ1) is 9.92. The van der Waals surface area contributed by atoms with Gasteiger partial charge in [-0.05, 0) is 29.8 Å². The lowest BCUT2D eigenvalue weighted by molar-refractivity contribution is 0.555. The zero-order valence-corrected chi connectivity index (χ0v) is 11.1. The summed E-state index contributed by atoms with van der Waals surface area (Å²) in [6.07, 6.45) is 4.04. The molecule has 0 bridgehead atoms. The molecule has 2 aromatic carbocycles. The van der Waals surface area contributed by atoms with Crippen molar-refractivity contribution in [2.75, 3.05) is 0 Å². The normalized spacial score (nSPS) is 10.8. The fraction of sp³-hybridized carbons (Fsp3) is 0. The minimum Gasteiger partial charge on any atom is -0.208 e. The van der Waals surface area contributed by atoms with Gasteiger partial charge in [-0.25, -0.2) is 4.42 Å². The van der Waals surface area contributed by atoms with Crippen molar-refractivity contribution in [1.29, 1.82) is 0 Å². The van der Waals surface area contributed by atoms with Crippen molar-refractivity contribution in [3.8, 4) is 11.3 Å². The average molecular weight is 259 g/mol. The molecule has 0 N–H and O–H groups in total. The first kappa shape index (κ1) is 12.4. The van der Waals surface area contributed by atoms with Gasteiger partial charge >= 0.3 is 11.5 Å². The van der Waals surface area contributed by atoms with E-state index in [-0.39, 0.29) is 0 Å². The van der Waals surface area contributed by atoms with Crippen molar-refractivity contribution >= 4 is 12.2 Å². The molecule has 96 valence electrons. The summed E-state index contributed by atoms with van der Waals surface area (Å²) in [5.74, 6) is 1.72. The molecule has 0 fully saturated rings. The topological polar surface area (TPSA) is 11.3 Å². The van der Waals surface area contributed by atoms with Gasteiger partial charge in [-0.1, -0.05) is 48.5 Å². The van der Waals surface area contributed by atoms with Crippen LogP contribution in [0.2, 0.25) is 0 Å². The molecule has 0 aliphatic carbocycles. The number of rotatable bonds is 3. The number of hydrogen-bond donors (Lipinski definition) is 0. The van der Waals surface area contributed by atoms with E-state index < -0.39 is 0 Å². The second-order valence-corrected chi connectivity index (χ2v) is 4.50. The van der Waals surface area contributed by atoms with Crippen LogP contribution in [0.1, 0.15) is 11.3 Å². The molecule has 1 heteroatoms. The van der Waals surface area contributed by atoms with Crippen LogP contribution in [0, 0.1) is 0 Å². The van der Waals surface area contributed by atoms with E-state index in [1.54, 1.807) is 0 Å². The van der Waals surface area contributed by atoms with Crippen LogP contribution in [0.4, 0.5) is 0 Å². The van der Waals surface area contributed by atoms with Crippen molar-refractivity contribution in [2.45, 2.75) is 0 Å². The van der Waals surface area contributed by atoms with Gasteiger partial charge < -0.3 is 0 Å². The van der Waals surface area contributed by atoms with E-state index in [9.17, 15) is 0 Å². The lowest BCUT2D eigenvalue weighted by Gasteiger charge is -1.91. The predicted octanol–water partition coefficient (Wildman–Crippen LogP) is 5.40. The van der Waals surface area contributed by atoms with Gasteiger partial charge in [0, 0.05) is 18.2 Å². The Kier molecular flexibility index (Phi) is 3.70. The fourth-order valence-electron chi connectivity index (χ4n) is 2.02. The Morgan fingerprint density at radius 2 is 1.30 bits per heavy atom. The van der Waals surface area contributed by atoms with Crippen LogP contribution in [0.15, 0.2) is 83.3 Å². The van der Waals surface area contributed by atoms with Gasteiger partial charge in [0.1, 0.15) is 0 Å². The van der Waals surface area contributed by atoms with Crippen LogP contribution in [-0.2, 0) is 0 Å². The highest BCUT2D eigenvalue weighted by Crippen LogP contribution is 2.21. The predicted molar refractivity (Wildman–Crippen MR) is 83.9 cm³/mol. The van der Waals surface area contributed by atoms with E-state index >= 15 is 0 Å². The smallest absolute Gasteiger partial charge is 0.208 e. The highest BCUT2D eigenvalue weighted by molar-refractivity contribution is 5.68. The SMILES string of the molecule is C(=C\c1cccc(-c2ccccc2)[o+]1)/c1ccccc1. The van der Waals surface area contributed by atoms with E-state index in [1.165, 1.54) is 0 Å². The van der Waals surface area contributed by atoms with Gasteiger partial charge in [-0.3, -0.25) is 0 Å². The molecule has 0 amide bonds. The molecular weight excluding hydrogens is 244 g/mol. The third kappa shape index (κ3) is 3.01. The fourth-order valence-corrected chi connectivity index (χ4v) is 2.02. The van der Waals surface area contributed by atoms with E-state index in [4.69, 9.17) is 4.42 Å². The number of benzene rings is 2. The Morgan fingerprint density at radius 1 is 0.600 bits per heavy atom. The molecule has 1 aromatic heterocycles. The molecule has 0 saturated heterocycles. The highest BCUT2D eigenvalue weighted by atomic mass is 16.3. The van der Waals surface area contributed by atoms with Gasteiger partial charge in [0.05, 0.1) is 5.56 Å². The van der Waals surface area contributed by atoms with E-state index in [2.05, 4.69) is 12.1 Å². The molecule has 0 unspecified atom stereocenters. The number of hydrogen-bond acceptors (Lipinski definition) is 0. The van der Waals surface area contributed by atoms with E-state index in [1.807, 2.05) is 78.9 Å². The maximum atomic E-state index is 5.90. The quantitative estimate of drug-likeness (QED) is 0.573. The van der Waals surface area contributed by atoms with Crippen molar-refractivity contribution in [2.24, 2.45) is 0 Å². The minimum atomic E-state index is 0.843. The van der Waals surface area contributed by atoms with Crippen molar-refractivity contribution < 1.29 is 4.42 Å². The molecule has 1 nitrogen and oxygen atoms in total. The summed E-state index contributed by atoms with van der Waals surface area (Å²) in [6, 6.07) is 26.3. The Morgan fingerprint density at radius 3 is 2.05 bits per heavy atom. The zero-order chi connectivity index (χ0) is 13.6. The molecule has 3 rings (SSSR count). The minimum absolute atomic E-state index is 0.843. The lowest BCUT2D eigenvalue weighted by Crippen LogP contribution is -1.78. The second-order valence-electron chi connectivity index (χ2n) is 4.50. The zero-order valence-electron chi connectivity index (χ0n) is 11.1. The highest BCUT2D eigenvalue weighted by Gasteiger charge is 2.11. The lowest BCUT2D eigenvalue weighted by atomic mass is 10.1. The third-order valence-corrected chi connectivity index (χ3v) is 3.03. The molecule has 0 atom stereocenters. The average Bonchev–Trinajstić information content (AvgIpc) is 2.55.